The number of nitrogens with zero attached hydrogens (tertiary/aromatic N) is 3. The van der Waals surface area contributed by atoms with Gasteiger partial charge in [-0.1, -0.05) is 12.1 Å². The Labute approximate surface area is 141 Å². The Balaban J connectivity index is 2.00. The summed E-state index contributed by atoms with van der Waals surface area (Å²) in [6.45, 7) is 5.08. The number of rotatable bonds is 2. The van der Waals surface area contributed by atoms with Gasteiger partial charge in [-0.15, -0.1) is 0 Å². The molecule has 2 N–H and O–H groups in total. The highest BCUT2D eigenvalue weighted by molar-refractivity contribution is 5.82. The number of anilines is 2. The van der Waals surface area contributed by atoms with Crippen LogP contribution in [0.4, 0.5) is 11.4 Å². The Morgan fingerprint density at radius 2 is 1.67 bits per heavy atom. The molecule has 0 atom stereocenters. The van der Waals surface area contributed by atoms with Crippen molar-refractivity contribution >= 4 is 11.4 Å². The minimum atomic E-state index is 0.257. The number of hydrogen-bond donors (Lipinski definition) is 1. The van der Waals surface area contributed by atoms with Crippen LogP contribution in [-0.4, -0.2) is 26.3 Å². The fourth-order valence-corrected chi connectivity index (χ4v) is 3.01. The summed E-state index contributed by atoms with van der Waals surface area (Å²) in [6.07, 6.45) is 0. The van der Waals surface area contributed by atoms with E-state index in [1.54, 1.807) is 0 Å². The second kappa shape index (κ2) is 6.62. The quantitative estimate of drug-likeness (QED) is 0.860. The van der Waals surface area contributed by atoms with E-state index in [0.29, 0.717) is 11.1 Å². The molecule has 0 saturated carbocycles. The standard InChI is InChI=1S/C19H18N4O/c1-13-10-16(18(12-21)19(22)17(13)11-20)14-2-4-15(5-3-14)23-6-8-24-9-7-23/h2-5,10H,6-9,22H2,1H3. The van der Waals surface area contributed by atoms with Crippen LogP contribution < -0.4 is 10.6 Å². The van der Waals surface area contributed by atoms with E-state index >= 15 is 0 Å². The molecule has 1 aliphatic rings. The first kappa shape index (κ1) is 15.9. The molecule has 24 heavy (non-hydrogen) atoms. The van der Waals surface area contributed by atoms with E-state index in [2.05, 4.69) is 17.0 Å². The lowest BCUT2D eigenvalue weighted by Gasteiger charge is -2.29. The van der Waals surface area contributed by atoms with E-state index in [1.165, 1.54) is 0 Å². The van der Waals surface area contributed by atoms with Crippen LogP contribution in [0.5, 0.6) is 0 Å². The van der Waals surface area contributed by atoms with E-state index in [0.717, 1.165) is 48.7 Å². The molecule has 0 radical (unpaired) electrons. The van der Waals surface area contributed by atoms with Gasteiger partial charge in [0.25, 0.3) is 0 Å². The SMILES string of the molecule is Cc1cc(-c2ccc(N3CCOCC3)cc2)c(C#N)c(N)c1C#N. The number of ether oxygens (including phenoxy) is 1. The van der Waals surface area contributed by atoms with Crippen molar-refractivity contribution in [2.45, 2.75) is 6.92 Å². The molecule has 0 amide bonds. The first-order valence-corrected chi connectivity index (χ1v) is 7.82. The van der Waals surface area contributed by atoms with Gasteiger partial charge < -0.3 is 15.4 Å². The normalized spacial score (nSPS) is 14.0. The van der Waals surface area contributed by atoms with Crippen molar-refractivity contribution in [1.29, 1.82) is 10.5 Å². The van der Waals surface area contributed by atoms with E-state index in [-0.39, 0.29) is 5.69 Å². The summed E-state index contributed by atoms with van der Waals surface area (Å²) in [6, 6.07) is 14.2. The molecule has 0 aliphatic carbocycles. The molecule has 2 aromatic rings. The summed E-state index contributed by atoms with van der Waals surface area (Å²) in [5.41, 5.74) is 10.6. The molecule has 0 spiro atoms. The minimum Gasteiger partial charge on any atom is -0.397 e. The van der Waals surface area contributed by atoms with Gasteiger partial charge in [-0.3, -0.25) is 0 Å². The number of morpholine rings is 1. The predicted octanol–water partition coefficient (Wildman–Crippen LogP) is 2.82. The summed E-state index contributed by atoms with van der Waals surface area (Å²) < 4.78 is 5.37. The average molecular weight is 318 g/mol. The maximum Gasteiger partial charge on any atom is 0.102 e. The third-order valence-corrected chi connectivity index (χ3v) is 4.34. The topological polar surface area (TPSA) is 86.1 Å². The largest absolute Gasteiger partial charge is 0.397 e. The maximum atomic E-state index is 9.47. The summed E-state index contributed by atoms with van der Waals surface area (Å²) in [7, 11) is 0. The Morgan fingerprint density at radius 1 is 1.04 bits per heavy atom. The number of hydrogen-bond acceptors (Lipinski definition) is 5. The van der Waals surface area contributed by atoms with E-state index in [4.69, 9.17) is 10.5 Å². The Bertz CT molecular complexity index is 838. The predicted molar refractivity (Wildman–Crippen MR) is 93.5 cm³/mol. The van der Waals surface area contributed by atoms with Gasteiger partial charge in [0, 0.05) is 24.3 Å². The lowest BCUT2D eigenvalue weighted by molar-refractivity contribution is 0.122. The Hall–Kier alpha value is -3.02. The third-order valence-electron chi connectivity index (χ3n) is 4.34. The minimum absolute atomic E-state index is 0.257. The fourth-order valence-electron chi connectivity index (χ4n) is 3.01. The van der Waals surface area contributed by atoms with Crippen LogP contribution in [0.1, 0.15) is 16.7 Å². The van der Waals surface area contributed by atoms with Crippen molar-refractivity contribution < 1.29 is 4.74 Å². The summed E-state index contributed by atoms with van der Waals surface area (Å²) in [4.78, 5) is 2.27. The fraction of sp³-hybridized carbons (Fsp3) is 0.263. The zero-order valence-corrected chi connectivity index (χ0v) is 13.5. The van der Waals surface area contributed by atoms with Crippen LogP contribution in [0.25, 0.3) is 11.1 Å². The highest BCUT2D eigenvalue weighted by Gasteiger charge is 2.16. The van der Waals surface area contributed by atoms with E-state index in [1.807, 2.05) is 37.3 Å². The number of aryl methyl sites for hydroxylation is 1. The molecule has 0 aromatic heterocycles. The molecule has 0 bridgehead atoms. The van der Waals surface area contributed by atoms with E-state index < -0.39 is 0 Å². The van der Waals surface area contributed by atoms with Crippen LogP contribution in [-0.2, 0) is 4.74 Å². The average Bonchev–Trinajstić information content (AvgIpc) is 2.62. The van der Waals surface area contributed by atoms with Crippen molar-refractivity contribution in [2.75, 3.05) is 36.9 Å². The molecule has 0 unspecified atom stereocenters. The molecule has 1 aliphatic heterocycles. The second-order valence-electron chi connectivity index (χ2n) is 5.77. The van der Waals surface area contributed by atoms with Crippen molar-refractivity contribution in [1.82, 2.24) is 0 Å². The second-order valence-corrected chi connectivity index (χ2v) is 5.77. The Morgan fingerprint density at radius 3 is 2.25 bits per heavy atom. The van der Waals surface area contributed by atoms with Gasteiger partial charge in [0.1, 0.15) is 12.1 Å². The smallest absolute Gasteiger partial charge is 0.102 e. The molecular formula is C19H18N4O. The van der Waals surface area contributed by atoms with Gasteiger partial charge >= 0.3 is 0 Å². The van der Waals surface area contributed by atoms with Crippen molar-refractivity contribution in [3.63, 3.8) is 0 Å². The molecule has 1 fully saturated rings. The lowest BCUT2D eigenvalue weighted by Crippen LogP contribution is -2.36. The molecule has 5 nitrogen and oxygen atoms in total. The molecule has 1 heterocycles. The summed E-state index contributed by atoms with van der Waals surface area (Å²) in [5.74, 6) is 0. The third kappa shape index (κ3) is 2.78. The van der Waals surface area contributed by atoms with Gasteiger partial charge in [-0.25, -0.2) is 0 Å². The lowest BCUT2D eigenvalue weighted by atomic mass is 9.93. The molecule has 2 aromatic carbocycles. The first-order chi connectivity index (χ1) is 11.7. The van der Waals surface area contributed by atoms with Gasteiger partial charge in [-0.05, 0) is 36.2 Å². The number of nitrogen functional groups attached to an aromatic ring is 1. The molecular weight excluding hydrogens is 300 g/mol. The maximum absolute atomic E-state index is 9.47. The zero-order valence-electron chi connectivity index (χ0n) is 13.5. The Kier molecular flexibility index (Phi) is 4.37. The number of nitrogens with two attached hydrogens (primary N) is 1. The molecule has 3 rings (SSSR count). The van der Waals surface area contributed by atoms with Gasteiger partial charge in [0.05, 0.1) is 30.0 Å². The van der Waals surface area contributed by atoms with Crippen molar-refractivity contribution in [3.05, 3.63) is 47.0 Å². The van der Waals surface area contributed by atoms with Gasteiger partial charge in [0.2, 0.25) is 0 Å². The molecule has 1 saturated heterocycles. The van der Waals surface area contributed by atoms with Crippen LogP contribution in [0, 0.1) is 29.6 Å². The van der Waals surface area contributed by atoms with Gasteiger partial charge in [-0.2, -0.15) is 10.5 Å². The van der Waals surface area contributed by atoms with Crippen LogP contribution >= 0.6 is 0 Å². The van der Waals surface area contributed by atoms with Crippen LogP contribution in [0.15, 0.2) is 30.3 Å². The molecule has 120 valence electrons. The highest BCUT2D eigenvalue weighted by Crippen LogP contribution is 2.33. The van der Waals surface area contributed by atoms with Crippen LogP contribution in [0.3, 0.4) is 0 Å². The summed E-state index contributed by atoms with van der Waals surface area (Å²) in [5, 5.41) is 18.7. The van der Waals surface area contributed by atoms with Gasteiger partial charge in [0.15, 0.2) is 0 Å². The molecule has 5 heteroatoms. The van der Waals surface area contributed by atoms with E-state index in [9.17, 15) is 10.5 Å². The summed E-state index contributed by atoms with van der Waals surface area (Å²) >= 11 is 0. The van der Waals surface area contributed by atoms with Crippen LogP contribution in [0.2, 0.25) is 0 Å². The zero-order chi connectivity index (χ0) is 17.1. The monoisotopic (exact) mass is 318 g/mol. The highest BCUT2D eigenvalue weighted by atomic mass is 16.5. The number of nitriles is 2. The number of benzene rings is 2. The van der Waals surface area contributed by atoms with Crippen molar-refractivity contribution in [3.8, 4) is 23.3 Å². The first-order valence-electron chi connectivity index (χ1n) is 7.82. The van der Waals surface area contributed by atoms with Crippen molar-refractivity contribution in [2.24, 2.45) is 0 Å².